The molecule has 15 heteroatoms. The lowest BCUT2D eigenvalue weighted by Gasteiger charge is -2.35. The molecular formula is C33H43N5O9S. The first kappa shape index (κ1) is 35.1. The highest BCUT2D eigenvalue weighted by molar-refractivity contribution is 7.91. The Labute approximate surface area is 280 Å². The Morgan fingerprint density at radius 3 is 2.52 bits per heavy atom. The highest BCUT2D eigenvalue weighted by Crippen LogP contribution is 2.45. The largest absolute Gasteiger partial charge is 0.472 e. The number of nitrogens with zero attached hydrogens (tertiary/aromatic N) is 2. The number of hydrogen-bond donors (Lipinski definition) is 3. The second kappa shape index (κ2) is 13.7. The number of carbonyl (C=O) groups excluding carboxylic acids is 4. The molecule has 2 heterocycles. The third-order valence-electron chi connectivity index (χ3n) is 8.91. The number of methoxy groups -OCH3 is 1. The number of benzene rings is 1. The Morgan fingerprint density at radius 2 is 1.88 bits per heavy atom. The Hall–Kier alpha value is -4.24. The summed E-state index contributed by atoms with van der Waals surface area (Å²) in [5, 5.41) is 6.41. The van der Waals surface area contributed by atoms with Gasteiger partial charge in [0.15, 0.2) is 0 Å². The summed E-state index contributed by atoms with van der Waals surface area (Å²) in [6.45, 7) is 9.16. The van der Waals surface area contributed by atoms with Crippen LogP contribution in [-0.2, 0) is 33.9 Å². The lowest BCUT2D eigenvalue weighted by Crippen LogP contribution is -2.60. The lowest BCUT2D eigenvalue weighted by molar-refractivity contribution is -0.142. The molecule has 5 atom stereocenters. The Morgan fingerprint density at radius 1 is 1.15 bits per heavy atom. The number of rotatable bonds is 13. The van der Waals surface area contributed by atoms with E-state index in [4.69, 9.17) is 14.2 Å². The fourth-order valence-electron chi connectivity index (χ4n) is 5.93. The van der Waals surface area contributed by atoms with Gasteiger partial charge in [0, 0.05) is 31.0 Å². The highest BCUT2D eigenvalue weighted by atomic mass is 32.2. The summed E-state index contributed by atoms with van der Waals surface area (Å²) in [7, 11) is -2.42. The molecule has 1 aromatic heterocycles. The van der Waals surface area contributed by atoms with Gasteiger partial charge in [-0.2, -0.15) is 0 Å². The van der Waals surface area contributed by atoms with E-state index in [0.29, 0.717) is 18.7 Å². The number of sulfonamides is 1. The van der Waals surface area contributed by atoms with Crippen LogP contribution < -0.4 is 20.1 Å². The highest BCUT2D eigenvalue weighted by Gasteiger charge is 2.62. The minimum Gasteiger partial charge on any atom is -0.472 e. The molecule has 2 saturated carbocycles. The normalized spacial score (nSPS) is 24.3. The fraction of sp³-hybridized carbons (Fsp3) is 0.545. The number of fused-ring (bicyclic) bond motifs is 1. The number of aromatic nitrogens is 1. The van der Waals surface area contributed by atoms with Gasteiger partial charge < -0.3 is 29.7 Å². The van der Waals surface area contributed by atoms with Gasteiger partial charge in [-0.05, 0) is 42.2 Å². The minimum absolute atomic E-state index is 0.0266. The summed E-state index contributed by atoms with van der Waals surface area (Å²) in [6, 6.07) is 7.10. The Balaban J connectivity index is 1.41. The van der Waals surface area contributed by atoms with Gasteiger partial charge >= 0.3 is 6.09 Å². The second-order valence-corrected chi connectivity index (χ2v) is 15.5. The zero-order chi connectivity index (χ0) is 34.9. The van der Waals surface area contributed by atoms with E-state index < -0.39 is 74.1 Å². The third kappa shape index (κ3) is 7.57. The zero-order valence-electron chi connectivity index (χ0n) is 27.6. The van der Waals surface area contributed by atoms with E-state index in [-0.39, 0.29) is 32.6 Å². The zero-order valence-corrected chi connectivity index (χ0v) is 28.4. The topological polar surface area (TPSA) is 182 Å². The van der Waals surface area contributed by atoms with Crippen LogP contribution >= 0.6 is 0 Å². The van der Waals surface area contributed by atoms with Crippen LogP contribution in [0.15, 0.2) is 49.2 Å². The molecule has 3 fully saturated rings. The second-order valence-electron chi connectivity index (χ2n) is 13.6. The molecule has 2 aromatic rings. The predicted molar refractivity (Wildman–Crippen MR) is 175 cm³/mol. The number of pyridine rings is 1. The summed E-state index contributed by atoms with van der Waals surface area (Å²) >= 11 is 0. The number of amides is 4. The van der Waals surface area contributed by atoms with Crippen molar-refractivity contribution in [3.8, 4) is 5.88 Å². The number of likely N-dealkylation sites (tertiary alicyclic amines) is 1. The van der Waals surface area contributed by atoms with Gasteiger partial charge in [0.1, 0.15) is 30.3 Å². The standard InChI is InChI=1S/C33H43N5O9S/c1-6-21-18-33(21,30(41)37-48(43,44)23-11-12-23)36-27(39)25-17-22(47-28-24-10-8-7-9-20(24)13-14-34-28)19-38(25)29(40)26(32(2,3)4)35-31(42)46-16-15-45-5/h6-10,13-14,21-23,25-26H,1,11-12,15-19H2,2-5H3,(H,35,42)(H,36,39)(H,37,41)/t21-,22-,25+,26-,33-/m1/s1. The van der Waals surface area contributed by atoms with Crippen molar-refractivity contribution < 1.29 is 41.8 Å². The maximum Gasteiger partial charge on any atom is 0.407 e. The van der Waals surface area contributed by atoms with Gasteiger partial charge in [-0.15, -0.1) is 6.58 Å². The molecule has 3 aliphatic rings. The number of hydrogen-bond acceptors (Lipinski definition) is 10. The third-order valence-corrected chi connectivity index (χ3v) is 10.7. The van der Waals surface area contributed by atoms with Crippen LogP contribution in [0.1, 0.15) is 46.5 Å². The van der Waals surface area contributed by atoms with Gasteiger partial charge in [0.2, 0.25) is 27.7 Å². The lowest BCUT2D eigenvalue weighted by atomic mass is 9.85. The van der Waals surface area contributed by atoms with Crippen molar-refractivity contribution in [3.05, 3.63) is 49.2 Å². The number of nitrogens with one attached hydrogen (secondary N) is 3. The van der Waals surface area contributed by atoms with Gasteiger partial charge in [-0.1, -0.05) is 45.0 Å². The maximum absolute atomic E-state index is 14.3. The van der Waals surface area contributed by atoms with Gasteiger partial charge in [0.05, 0.1) is 18.4 Å². The predicted octanol–water partition coefficient (Wildman–Crippen LogP) is 2.04. The SMILES string of the molecule is C=C[C@@H]1C[C@]1(NC(=O)[C@@H]1C[C@@H](Oc2nccc3ccccc23)CN1C(=O)[C@@H](NC(=O)OCCOC)C(C)(C)C)C(=O)NS(=O)(=O)C1CC1. The molecule has 48 heavy (non-hydrogen) atoms. The van der Waals surface area contributed by atoms with E-state index in [1.54, 1.807) is 27.0 Å². The van der Waals surface area contributed by atoms with Gasteiger partial charge in [-0.3, -0.25) is 19.1 Å². The van der Waals surface area contributed by atoms with Crippen molar-refractivity contribution in [1.82, 2.24) is 25.2 Å². The van der Waals surface area contributed by atoms with Crippen molar-refractivity contribution in [2.24, 2.45) is 11.3 Å². The van der Waals surface area contributed by atoms with Crippen molar-refractivity contribution >= 4 is 44.6 Å². The monoisotopic (exact) mass is 685 g/mol. The molecule has 1 aromatic carbocycles. The van der Waals surface area contributed by atoms with Crippen molar-refractivity contribution in [3.63, 3.8) is 0 Å². The molecule has 2 aliphatic carbocycles. The number of ether oxygens (including phenoxy) is 3. The van der Waals surface area contributed by atoms with Crippen LogP contribution in [0.4, 0.5) is 4.79 Å². The number of alkyl carbamates (subject to hydrolysis) is 1. The molecule has 5 rings (SSSR count). The van der Waals surface area contributed by atoms with Crippen LogP contribution in [0.3, 0.4) is 0 Å². The smallest absolute Gasteiger partial charge is 0.407 e. The van der Waals surface area contributed by atoms with Gasteiger partial charge in [0.25, 0.3) is 5.91 Å². The van der Waals surface area contributed by atoms with E-state index >= 15 is 0 Å². The first-order valence-corrected chi connectivity index (χ1v) is 17.5. The van der Waals surface area contributed by atoms with E-state index in [1.165, 1.54) is 18.1 Å². The average molecular weight is 686 g/mol. The van der Waals surface area contributed by atoms with Crippen LogP contribution in [-0.4, -0.2) is 98.0 Å². The molecule has 1 aliphatic heterocycles. The minimum atomic E-state index is -3.89. The average Bonchev–Trinajstić information content (AvgIpc) is 3.96. The summed E-state index contributed by atoms with van der Waals surface area (Å²) in [5.41, 5.74) is -2.35. The van der Waals surface area contributed by atoms with Crippen LogP contribution in [0.5, 0.6) is 5.88 Å². The number of carbonyl (C=O) groups is 4. The quantitative estimate of drug-likeness (QED) is 0.208. The fourth-order valence-corrected chi connectivity index (χ4v) is 7.29. The van der Waals surface area contributed by atoms with Crippen molar-refractivity contribution in [1.29, 1.82) is 0 Å². The molecule has 260 valence electrons. The molecule has 0 unspecified atom stereocenters. The Bertz CT molecular complexity index is 1680. The molecular weight excluding hydrogens is 642 g/mol. The Kier molecular flexibility index (Phi) is 10.0. The molecule has 0 spiro atoms. The first-order chi connectivity index (χ1) is 22.7. The van der Waals surface area contributed by atoms with Gasteiger partial charge in [-0.25, -0.2) is 18.2 Å². The molecule has 3 N–H and O–H groups in total. The first-order valence-electron chi connectivity index (χ1n) is 15.9. The van der Waals surface area contributed by atoms with Crippen molar-refractivity contribution in [2.45, 2.75) is 75.4 Å². The molecule has 14 nitrogen and oxygen atoms in total. The summed E-state index contributed by atoms with van der Waals surface area (Å²) < 4.78 is 43.8. The molecule has 4 amide bonds. The van der Waals surface area contributed by atoms with Crippen LogP contribution in [0.25, 0.3) is 10.8 Å². The van der Waals surface area contributed by atoms with Crippen LogP contribution in [0, 0.1) is 11.3 Å². The molecule has 0 bridgehead atoms. The van der Waals surface area contributed by atoms with E-state index in [2.05, 4.69) is 26.9 Å². The van der Waals surface area contributed by atoms with Crippen molar-refractivity contribution in [2.75, 3.05) is 26.9 Å². The maximum atomic E-state index is 14.3. The summed E-state index contributed by atoms with van der Waals surface area (Å²) in [4.78, 5) is 60.2. The van der Waals surface area contributed by atoms with E-state index in [0.717, 1.165) is 10.8 Å². The molecule has 0 radical (unpaired) electrons. The van der Waals surface area contributed by atoms with E-state index in [1.807, 2.05) is 30.3 Å². The summed E-state index contributed by atoms with van der Waals surface area (Å²) in [5.74, 6) is -2.26. The molecule has 1 saturated heterocycles. The van der Waals surface area contributed by atoms with Crippen LogP contribution in [0.2, 0.25) is 0 Å². The summed E-state index contributed by atoms with van der Waals surface area (Å²) in [6.07, 6.45) is 2.69. The van der Waals surface area contributed by atoms with E-state index in [9.17, 15) is 27.6 Å².